The zero-order chi connectivity index (χ0) is 9.68. The Bertz CT molecular complexity index is 239. The molecule has 1 rings (SSSR count). The van der Waals surface area contributed by atoms with E-state index in [-0.39, 0.29) is 0 Å². The maximum absolute atomic E-state index is 5.58. The van der Waals surface area contributed by atoms with Crippen molar-refractivity contribution in [1.29, 1.82) is 0 Å². The molecule has 0 saturated carbocycles. The lowest BCUT2D eigenvalue weighted by Gasteiger charge is -2.20. The maximum atomic E-state index is 5.58. The summed E-state index contributed by atoms with van der Waals surface area (Å²) in [5.74, 6) is 0. The highest BCUT2D eigenvalue weighted by Gasteiger charge is 1.97. The molecule has 72 valence electrons. The topological polar surface area (TPSA) is 41.3 Å². The van der Waals surface area contributed by atoms with Crippen LogP contribution in [0, 0.1) is 0 Å². The van der Waals surface area contributed by atoms with E-state index in [9.17, 15) is 0 Å². The van der Waals surface area contributed by atoms with Crippen molar-refractivity contribution in [2.24, 2.45) is 0 Å². The van der Waals surface area contributed by atoms with Crippen molar-refractivity contribution >= 4 is 11.4 Å². The van der Waals surface area contributed by atoms with E-state index in [0.717, 1.165) is 24.5 Å². The second kappa shape index (κ2) is 4.72. The molecule has 0 heterocycles. The Balaban J connectivity index is 2.58. The van der Waals surface area contributed by atoms with Crippen LogP contribution >= 0.6 is 0 Å². The van der Waals surface area contributed by atoms with E-state index >= 15 is 0 Å². The molecule has 0 amide bonds. The molecular formula is C10H17N3. The summed E-state index contributed by atoms with van der Waals surface area (Å²) in [6, 6.07) is 7.75. The summed E-state index contributed by atoms with van der Waals surface area (Å²) in [5, 5.41) is 2.13. The minimum atomic E-state index is 0.796. The molecule has 0 aliphatic rings. The molecule has 1 aromatic rings. The third-order valence-electron chi connectivity index (χ3n) is 1.96. The van der Waals surface area contributed by atoms with Gasteiger partial charge >= 0.3 is 0 Å². The molecule has 0 unspecified atom stereocenters. The molecule has 3 heteroatoms. The number of nitrogens with one attached hydrogen (secondary N) is 1. The highest BCUT2D eigenvalue weighted by Crippen LogP contribution is 2.10. The number of rotatable bonds is 4. The molecule has 0 aromatic heterocycles. The fourth-order valence-electron chi connectivity index (χ4n) is 1.12. The van der Waals surface area contributed by atoms with Crippen molar-refractivity contribution in [3.63, 3.8) is 0 Å². The van der Waals surface area contributed by atoms with Gasteiger partial charge in [0, 0.05) is 24.5 Å². The van der Waals surface area contributed by atoms with Gasteiger partial charge < -0.3 is 11.2 Å². The fourth-order valence-corrected chi connectivity index (χ4v) is 1.12. The number of nitrogens with two attached hydrogens (primary N) is 1. The lowest BCUT2D eigenvalue weighted by molar-refractivity contribution is 0.367. The van der Waals surface area contributed by atoms with Gasteiger partial charge in [0.05, 0.1) is 0 Å². The Kier molecular flexibility index (Phi) is 3.58. The molecule has 0 atom stereocenters. The highest BCUT2D eigenvalue weighted by molar-refractivity contribution is 5.50. The van der Waals surface area contributed by atoms with Gasteiger partial charge in [0.1, 0.15) is 0 Å². The van der Waals surface area contributed by atoms with Crippen molar-refractivity contribution in [2.75, 3.05) is 24.2 Å². The van der Waals surface area contributed by atoms with Crippen LogP contribution < -0.4 is 11.2 Å². The largest absolute Gasteiger partial charge is 0.399 e. The zero-order valence-corrected chi connectivity index (χ0v) is 8.25. The van der Waals surface area contributed by atoms with Gasteiger partial charge in [0.25, 0.3) is 0 Å². The summed E-state index contributed by atoms with van der Waals surface area (Å²) in [4.78, 5) is 0. The predicted molar refractivity (Wildman–Crippen MR) is 57.4 cm³/mol. The monoisotopic (exact) mass is 179 g/mol. The average Bonchev–Trinajstić information content (AvgIpc) is 2.17. The molecule has 0 saturated heterocycles. The first-order valence-electron chi connectivity index (χ1n) is 4.63. The Morgan fingerprint density at radius 3 is 2.15 bits per heavy atom. The van der Waals surface area contributed by atoms with E-state index in [1.165, 1.54) is 0 Å². The molecule has 0 spiro atoms. The van der Waals surface area contributed by atoms with E-state index in [0.29, 0.717) is 0 Å². The van der Waals surface area contributed by atoms with Gasteiger partial charge in [-0.05, 0) is 24.3 Å². The third-order valence-corrected chi connectivity index (χ3v) is 1.96. The number of nitrogens with zero attached hydrogens (tertiary/aromatic N) is 1. The highest BCUT2D eigenvalue weighted by atomic mass is 15.5. The Morgan fingerprint density at radius 1 is 1.15 bits per heavy atom. The summed E-state index contributed by atoms with van der Waals surface area (Å²) in [6.07, 6.45) is 0. The summed E-state index contributed by atoms with van der Waals surface area (Å²) >= 11 is 0. The summed E-state index contributed by atoms with van der Waals surface area (Å²) in [6.45, 7) is 6.21. The maximum Gasteiger partial charge on any atom is 0.0491 e. The number of nitrogen functional groups attached to an aromatic ring is 1. The molecule has 13 heavy (non-hydrogen) atoms. The average molecular weight is 179 g/mol. The van der Waals surface area contributed by atoms with Gasteiger partial charge in [-0.25, -0.2) is 5.01 Å². The number of anilines is 2. The van der Waals surface area contributed by atoms with Crippen molar-refractivity contribution in [2.45, 2.75) is 13.8 Å². The number of hydrazine groups is 1. The van der Waals surface area contributed by atoms with Crippen LogP contribution in [0.5, 0.6) is 0 Å². The van der Waals surface area contributed by atoms with Gasteiger partial charge in [0.2, 0.25) is 0 Å². The van der Waals surface area contributed by atoms with E-state index in [1.807, 2.05) is 24.3 Å². The summed E-state index contributed by atoms with van der Waals surface area (Å²) in [5.41, 5.74) is 10.7. The van der Waals surface area contributed by atoms with E-state index in [4.69, 9.17) is 5.73 Å². The van der Waals surface area contributed by atoms with Gasteiger partial charge in [-0.2, -0.15) is 0 Å². The number of hydrogen-bond acceptors (Lipinski definition) is 3. The van der Waals surface area contributed by atoms with Crippen LogP contribution in [0.1, 0.15) is 13.8 Å². The van der Waals surface area contributed by atoms with Crippen molar-refractivity contribution in [3.8, 4) is 0 Å². The molecule has 3 nitrogen and oxygen atoms in total. The van der Waals surface area contributed by atoms with Crippen LogP contribution in [0.25, 0.3) is 0 Å². The molecule has 0 fully saturated rings. The second-order valence-corrected chi connectivity index (χ2v) is 2.91. The fraction of sp³-hybridized carbons (Fsp3) is 0.400. The Morgan fingerprint density at radius 2 is 1.69 bits per heavy atom. The van der Waals surface area contributed by atoms with Crippen LogP contribution in [0.2, 0.25) is 0 Å². The summed E-state index contributed by atoms with van der Waals surface area (Å²) < 4.78 is 0. The first-order valence-corrected chi connectivity index (χ1v) is 4.63. The van der Waals surface area contributed by atoms with Crippen molar-refractivity contribution in [1.82, 2.24) is 5.01 Å². The van der Waals surface area contributed by atoms with Crippen LogP contribution in [0.4, 0.5) is 11.4 Å². The van der Waals surface area contributed by atoms with Crippen LogP contribution in [0.15, 0.2) is 24.3 Å². The molecule has 1 aromatic carbocycles. The van der Waals surface area contributed by atoms with Gasteiger partial charge in [-0.1, -0.05) is 13.8 Å². The SMILES string of the molecule is CCN(CC)Nc1ccc(N)cc1. The molecule has 0 aliphatic carbocycles. The van der Waals surface area contributed by atoms with Gasteiger partial charge in [-0.3, -0.25) is 0 Å². The molecule has 0 bridgehead atoms. The summed E-state index contributed by atoms with van der Waals surface area (Å²) in [7, 11) is 0. The lowest BCUT2D eigenvalue weighted by Crippen LogP contribution is -2.29. The Hall–Kier alpha value is -1.22. The number of benzene rings is 1. The lowest BCUT2D eigenvalue weighted by atomic mass is 10.3. The second-order valence-electron chi connectivity index (χ2n) is 2.91. The number of hydrogen-bond donors (Lipinski definition) is 2. The first kappa shape index (κ1) is 9.86. The van der Waals surface area contributed by atoms with Crippen LogP contribution in [-0.2, 0) is 0 Å². The molecule has 3 N–H and O–H groups in total. The van der Waals surface area contributed by atoms with Crippen molar-refractivity contribution < 1.29 is 0 Å². The molecule has 0 radical (unpaired) electrons. The van der Waals surface area contributed by atoms with Gasteiger partial charge in [-0.15, -0.1) is 0 Å². The van der Waals surface area contributed by atoms with Crippen LogP contribution in [0.3, 0.4) is 0 Å². The van der Waals surface area contributed by atoms with Crippen molar-refractivity contribution in [3.05, 3.63) is 24.3 Å². The molecular weight excluding hydrogens is 162 g/mol. The van der Waals surface area contributed by atoms with E-state index in [2.05, 4.69) is 24.3 Å². The first-order chi connectivity index (χ1) is 6.26. The third kappa shape index (κ3) is 2.95. The smallest absolute Gasteiger partial charge is 0.0491 e. The normalized spacial score (nSPS) is 10.4. The van der Waals surface area contributed by atoms with E-state index < -0.39 is 0 Å². The minimum absolute atomic E-state index is 0.796. The van der Waals surface area contributed by atoms with Crippen LogP contribution in [-0.4, -0.2) is 18.1 Å². The van der Waals surface area contributed by atoms with E-state index in [1.54, 1.807) is 0 Å². The quantitative estimate of drug-likeness (QED) is 0.548. The zero-order valence-electron chi connectivity index (χ0n) is 8.25. The minimum Gasteiger partial charge on any atom is -0.399 e. The predicted octanol–water partition coefficient (Wildman–Crippen LogP) is 1.94. The molecule has 0 aliphatic heterocycles. The standard InChI is InChI=1S/C10H17N3/c1-3-13(4-2)12-10-7-5-9(11)6-8-10/h5-8,12H,3-4,11H2,1-2H3. The Labute approximate surface area is 79.5 Å². The van der Waals surface area contributed by atoms with Gasteiger partial charge in [0.15, 0.2) is 0 Å².